The van der Waals surface area contributed by atoms with Crippen molar-refractivity contribution < 1.29 is 64.6 Å². The molecule has 0 aromatic carbocycles. The topological polar surface area (TPSA) is 228 Å². The molecule has 2 heterocycles. The van der Waals surface area contributed by atoms with Gasteiger partial charge >= 0.3 is 0 Å². The van der Waals surface area contributed by atoms with Gasteiger partial charge in [0.15, 0.2) is 12.6 Å². The van der Waals surface area contributed by atoms with E-state index in [4.69, 9.17) is 18.9 Å². The minimum Gasteiger partial charge on any atom is -0.394 e. The van der Waals surface area contributed by atoms with Crippen LogP contribution >= 0.6 is 0 Å². The Hall–Kier alpha value is -3.09. The number of carbonyl (C=O) groups is 1. The number of unbranched alkanes of at least 4 members (excludes halogenated alkanes) is 39. The number of nitrogens with one attached hydrogen (secondary N) is 1. The molecule has 14 heteroatoms. The summed E-state index contributed by atoms with van der Waals surface area (Å²) in [6, 6.07) is -0.944. The van der Waals surface area contributed by atoms with E-state index >= 15 is 0 Å². The first-order chi connectivity index (χ1) is 47.6. The molecule has 12 unspecified atom stereocenters. The van der Waals surface area contributed by atoms with E-state index in [0.29, 0.717) is 12.8 Å². The van der Waals surface area contributed by atoms with Crippen molar-refractivity contribution in [1.29, 1.82) is 0 Å². The van der Waals surface area contributed by atoms with Crippen molar-refractivity contribution >= 4 is 5.91 Å². The Morgan fingerprint density at radius 1 is 0.381 bits per heavy atom. The number of allylic oxidation sites excluding steroid dienone is 15. The average molecular weight is 1370 g/mol. The lowest BCUT2D eigenvalue weighted by Crippen LogP contribution is -2.65. The summed E-state index contributed by atoms with van der Waals surface area (Å²) in [7, 11) is 0. The number of ether oxygens (including phenoxy) is 4. The molecule has 2 aliphatic heterocycles. The van der Waals surface area contributed by atoms with E-state index in [1.54, 1.807) is 6.08 Å². The van der Waals surface area contributed by atoms with Crippen LogP contribution in [0.15, 0.2) is 97.2 Å². The van der Waals surface area contributed by atoms with Crippen molar-refractivity contribution in [1.82, 2.24) is 5.32 Å². The third kappa shape index (κ3) is 49.2. The van der Waals surface area contributed by atoms with Gasteiger partial charge in [0.1, 0.15) is 48.8 Å². The first kappa shape index (κ1) is 90.0. The summed E-state index contributed by atoms with van der Waals surface area (Å²) in [5.74, 6) is -0.252. The van der Waals surface area contributed by atoms with Crippen LogP contribution < -0.4 is 5.32 Å². The smallest absolute Gasteiger partial charge is 0.220 e. The van der Waals surface area contributed by atoms with Gasteiger partial charge in [0, 0.05) is 6.42 Å². The third-order valence-electron chi connectivity index (χ3n) is 19.0. The zero-order chi connectivity index (χ0) is 70.1. The summed E-state index contributed by atoms with van der Waals surface area (Å²) in [5, 5.41) is 87.6. The molecular formula is C83H147NO13. The normalized spacial score (nSPS) is 22.7. The zero-order valence-electron chi connectivity index (χ0n) is 61.6. The van der Waals surface area contributed by atoms with Crippen LogP contribution in [-0.2, 0) is 23.7 Å². The molecule has 1 amide bonds. The lowest BCUT2D eigenvalue weighted by atomic mass is 9.97. The Morgan fingerprint density at radius 3 is 1.13 bits per heavy atom. The quantitative estimate of drug-likeness (QED) is 0.0204. The lowest BCUT2D eigenvalue weighted by Gasteiger charge is -2.46. The molecule has 97 heavy (non-hydrogen) atoms. The highest BCUT2D eigenvalue weighted by Gasteiger charge is 2.51. The molecule has 562 valence electrons. The predicted octanol–water partition coefficient (Wildman–Crippen LogP) is 18.1. The first-order valence-corrected chi connectivity index (χ1v) is 40.0. The monoisotopic (exact) mass is 1370 g/mol. The van der Waals surface area contributed by atoms with Crippen molar-refractivity contribution in [3.63, 3.8) is 0 Å². The fourth-order valence-corrected chi connectivity index (χ4v) is 12.7. The summed E-state index contributed by atoms with van der Waals surface area (Å²) in [6.45, 7) is 2.70. The summed E-state index contributed by atoms with van der Waals surface area (Å²) in [6.07, 6.45) is 77.7. The van der Waals surface area contributed by atoms with Crippen LogP contribution in [0.3, 0.4) is 0 Å². The zero-order valence-corrected chi connectivity index (χ0v) is 61.6. The van der Waals surface area contributed by atoms with E-state index in [2.05, 4.69) is 104 Å². The third-order valence-corrected chi connectivity index (χ3v) is 19.0. The van der Waals surface area contributed by atoms with Gasteiger partial charge in [0.05, 0.1) is 32.0 Å². The fraction of sp³-hybridized carbons (Fsp3) is 0.795. The Labute approximate surface area is 592 Å². The number of aliphatic hydroxyl groups excluding tert-OH is 8. The minimum atomic E-state index is -1.80. The largest absolute Gasteiger partial charge is 0.394 e. The molecular weight excluding hydrogens is 1220 g/mol. The highest BCUT2D eigenvalue weighted by molar-refractivity contribution is 5.76. The van der Waals surface area contributed by atoms with Gasteiger partial charge in [-0.2, -0.15) is 0 Å². The van der Waals surface area contributed by atoms with Gasteiger partial charge in [-0.15, -0.1) is 0 Å². The maximum absolute atomic E-state index is 13.4. The Balaban J connectivity index is 1.64. The SMILES string of the molecule is CC/C=C\C/C=C\C/C=C\C/C=C\C/C=C\CCCCCCCCCCCCCCCCCCCC(=O)NC(COC1OC(CO)C(OC2OC(CO)C(O)C(O)C2O)C(O)C1O)C(O)/C=C/CC/C=C/CC/C=C/CCCCCCCCCCCCCCCCCCCCCC. The number of hydrogen-bond acceptors (Lipinski definition) is 13. The standard InChI is InChI=1S/C83H147NO13/c1-3-5-7-9-11-13-15-17-19-21-23-25-27-29-31-33-35-36-37-39-41-43-45-47-49-51-53-55-57-59-61-63-65-67-75(88)84-71(70-94-82-80(93)78(91)81(74(69-86)96-82)97-83-79(92)77(90)76(89)73(68-85)95-83)72(87)66-64-62-60-58-56-54-52-50-48-46-44-42-40-38-34-32-30-28-26-24-22-20-18-16-14-12-10-8-6-4-2/h5,7,11,13,17,19,23,25,29,31,48,50,56,58,64,66,71-74,76-83,85-87,89-93H,3-4,6,8-10,12,14-16,18,20-22,24,26-28,30,32-47,49,51-55,57,59-63,65,67-70H2,1-2H3,(H,84,88)/b7-5-,13-11-,19-17-,25-23-,31-29-,50-48+,58-56+,66-64+. The van der Waals surface area contributed by atoms with Crippen molar-refractivity contribution in [2.24, 2.45) is 0 Å². The van der Waals surface area contributed by atoms with Gasteiger partial charge in [0.2, 0.25) is 5.91 Å². The molecule has 0 aromatic rings. The highest BCUT2D eigenvalue weighted by Crippen LogP contribution is 2.30. The summed E-state index contributed by atoms with van der Waals surface area (Å²) < 4.78 is 22.9. The number of hydrogen-bond donors (Lipinski definition) is 9. The Bertz CT molecular complexity index is 2000. The molecule has 2 rings (SSSR count). The van der Waals surface area contributed by atoms with E-state index in [0.717, 1.165) is 77.0 Å². The van der Waals surface area contributed by atoms with Crippen molar-refractivity contribution in [2.75, 3.05) is 19.8 Å². The molecule has 0 bridgehead atoms. The van der Waals surface area contributed by atoms with Crippen molar-refractivity contribution in [2.45, 2.75) is 402 Å². The molecule has 2 aliphatic rings. The molecule has 0 aliphatic carbocycles. The van der Waals surface area contributed by atoms with E-state index in [9.17, 15) is 45.6 Å². The Kier molecular flexibility index (Phi) is 61.4. The molecule has 2 saturated heterocycles. The fourth-order valence-electron chi connectivity index (χ4n) is 12.7. The van der Waals surface area contributed by atoms with Gasteiger partial charge in [-0.05, 0) is 89.9 Å². The van der Waals surface area contributed by atoms with E-state index < -0.39 is 86.8 Å². The highest BCUT2D eigenvalue weighted by atomic mass is 16.7. The number of amides is 1. The van der Waals surface area contributed by atoms with Crippen LogP contribution in [0.5, 0.6) is 0 Å². The molecule has 0 spiro atoms. The maximum Gasteiger partial charge on any atom is 0.220 e. The predicted molar refractivity (Wildman–Crippen MR) is 401 cm³/mol. The Morgan fingerprint density at radius 2 is 0.722 bits per heavy atom. The maximum atomic E-state index is 13.4. The second-order valence-corrected chi connectivity index (χ2v) is 27.8. The molecule has 9 N–H and O–H groups in total. The van der Waals surface area contributed by atoms with Crippen LogP contribution in [0.2, 0.25) is 0 Å². The average Bonchev–Trinajstić information content (AvgIpc) is 0.794. The van der Waals surface area contributed by atoms with Crippen LogP contribution in [0, 0.1) is 0 Å². The molecule has 2 fully saturated rings. The van der Waals surface area contributed by atoms with Crippen LogP contribution in [0.4, 0.5) is 0 Å². The number of rotatable bonds is 66. The van der Waals surface area contributed by atoms with Gasteiger partial charge < -0.3 is 65.1 Å². The summed E-state index contributed by atoms with van der Waals surface area (Å²) in [5.41, 5.74) is 0. The van der Waals surface area contributed by atoms with Crippen LogP contribution in [0.1, 0.15) is 328 Å². The van der Waals surface area contributed by atoms with Crippen LogP contribution in [-0.4, -0.2) is 140 Å². The molecule has 12 atom stereocenters. The second-order valence-electron chi connectivity index (χ2n) is 27.8. The van der Waals surface area contributed by atoms with Crippen LogP contribution in [0.25, 0.3) is 0 Å². The number of aliphatic hydroxyl groups is 8. The first-order valence-electron chi connectivity index (χ1n) is 40.0. The van der Waals surface area contributed by atoms with E-state index in [-0.39, 0.29) is 18.9 Å². The van der Waals surface area contributed by atoms with Gasteiger partial charge in [-0.25, -0.2) is 0 Å². The summed E-state index contributed by atoms with van der Waals surface area (Å²) in [4.78, 5) is 13.4. The van der Waals surface area contributed by atoms with E-state index in [1.807, 2.05) is 6.08 Å². The lowest BCUT2D eigenvalue weighted by molar-refractivity contribution is -0.359. The molecule has 0 aromatic heterocycles. The van der Waals surface area contributed by atoms with Crippen molar-refractivity contribution in [3.8, 4) is 0 Å². The molecule has 0 saturated carbocycles. The van der Waals surface area contributed by atoms with Gasteiger partial charge in [-0.3, -0.25) is 4.79 Å². The summed E-state index contributed by atoms with van der Waals surface area (Å²) >= 11 is 0. The number of carbonyl (C=O) groups excluding carboxylic acids is 1. The molecule has 0 radical (unpaired) electrons. The minimum absolute atomic E-state index is 0.252. The van der Waals surface area contributed by atoms with E-state index in [1.165, 1.54) is 218 Å². The van der Waals surface area contributed by atoms with Gasteiger partial charge in [0.25, 0.3) is 0 Å². The molecule has 14 nitrogen and oxygen atoms in total. The second kappa shape index (κ2) is 66.2. The van der Waals surface area contributed by atoms with Crippen molar-refractivity contribution in [3.05, 3.63) is 97.2 Å². The van der Waals surface area contributed by atoms with Gasteiger partial charge in [-0.1, -0.05) is 329 Å².